The third-order valence-corrected chi connectivity index (χ3v) is 3.95. The number of alkyl halides is 1. The summed E-state index contributed by atoms with van der Waals surface area (Å²) in [5, 5.41) is 9.72. The molecule has 0 aliphatic rings. The second-order valence-electron chi connectivity index (χ2n) is 4.09. The van der Waals surface area contributed by atoms with E-state index in [0.29, 0.717) is 11.3 Å². The van der Waals surface area contributed by atoms with Crippen LogP contribution in [0.3, 0.4) is 0 Å². The van der Waals surface area contributed by atoms with Gasteiger partial charge in [0, 0.05) is 5.33 Å². The summed E-state index contributed by atoms with van der Waals surface area (Å²) in [5.41, 5.74) is 2.76. The quantitative estimate of drug-likeness (QED) is 0.675. The van der Waals surface area contributed by atoms with Gasteiger partial charge in [-0.2, -0.15) is 5.26 Å². The highest BCUT2D eigenvalue weighted by molar-refractivity contribution is 9.10. The van der Waals surface area contributed by atoms with Gasteiger partial charge in [-0.15, -0.1) is 0 Å². The van der Waals surface area contributed by atoms with Gasteiger partial charge in [-0.05, 0) is 58.2 Å². The van der Waals surface area contributed by atoms with Crippen molar-refractivity contribution in [2.24, 2.45) is 0 Å². The summed E-state index contributed by atoms with van der Waals surface area (Å²) in [6, 6.07) is 13.5. The molecule has 96 valence electrons. The van der Waals surface area contributed by atoms with Crippen LogP contribution in [0.5, 0.6) is 11.5 Å². The van der Waals surface area contributed by atoms with E-state index in [9.17, 15) is 0 Å². The summed E-state index contributed by atoms with van der Waals surface area (Å²) in [5.74, 6) is 1.44. The van der Waals surface area contributed by atoms with Gasteiger partial charge in [-0.1, -0.05) is 28.1 Å². The highest BCUT2D eigenvalue weighted by Crippen LogP contribution is 2.32. The number of hydrogen-bond donors (Lipinski definition) is 0. The Morgan fingerprint density at radius 2 is 1.95 bits per heavy atom. The van der Waals surface area contributed by atoms with E-state index in [1.54, 1.807) is 12.1 Å². The standard InChI is InChI=1S/C15H11Br2NO/c1-10-2-3-12(9-18)7-15(10)19-14-5-4-11(8-16)6-13(14)17/h2-7H,8H2,1H3. The SMILES string of the molecule is Cc1ccc(C#N)cc1Oc1ccc(CBr)cc1Br. The predicted molar refractivity (Wildman–Crippen MR) is 82.7 cm³/mol. The molecule has 0 saturated carbocycles. The molecule has 0 aliphatic heterocycles. The van der Waals surface area contributed by atoms with Gasteiger partial charge in [0.1, 0.15) is 11.5 Å². The maximum atomic E-state index is 8.92. The minimum atomic E-state index is 0.591. The fourth-order valence-electron chi connectivity index (χ4n) is 1.61. The second kappa shape index (κ2) is 6.23. The average molecular weight is 381 g/mol. The number of aryl methyl sites for hydroxylation is 1. The minimum Gasteiger partial charge on any atom is -0.456 e. The highest BCUT2D eigenvalue weighted by atomic mass is 79.9. The molecule has 0 spiro atoms. The molecule has 2 nitrogen and oxygen atoms in total. The molecule has 0 amide bonds. The molecule has 4 heteroatoms. The maximum absolute atomic E-state index is 8.92. The van der Waals surface area contributed by atoms with Crippen molar-refractivity contribution in [3.05, 3.63) is 57.6 Å². The van der Waals surface area contributed by atoms with Gasteiger partial charge in [0.25, 0.3) is 0 Å². The molecule has 19 heavy (non-hydrogen) atoms. The second-order valence-corrected chi connectivity index (χ2v) is 5.51. The van der Waals surface area contributed by atoms with Crippen molar-refractivity contribution in [1.82, 2.24) is 0 Å². The van der Waals surface area contributed by atoms with Crippen LogP contribution in [0, 0.1) is 18.3 Å². The van der Waals surface area contributed by atoms with E-state index in [2.05, 4.69) is 37.9 Å². The molecule has 0 radical (unpaired) electrons. The Labute approximate surface area is 129 Å². The molecular formula is C15H11Br2NO. The van der Waals surface area contributed by atoms with Crippen molar-refractivity contribution in [3.8, 4) is 17.6 Å². The number of nitrogens with zero attached hydrogens (tertiary/aromatic N) is 1. The number of hydrogen-bond acceptors (Lipinski definition) is 2. The zero-order chi connectivity index (χ0) is 13.8. The Bertz CT molecular complexity index is 647. The van der Waals surface area contributed by atoms with E-state index in [-0.39, 0.29) is 0 Å². The van der Waals surface area contributed by atoms with Gasteiger partial charge < -0.3 is 4.74 Å². The lowest BCUT2D eigenvalue weighted by Gasteiger charge is -2.11. The Hall–Kier alpha value is -1.31. The molecule has 0 unspecified atom stereocenters. The van der Waals surface area contributed by atoms with Gasteiger partial charge in [-0.3, -0.25) is 0 Å². The number of halogens is 2. The first-order valence-electron chi connectivity index (χ1n) is 5.67. The summed E-state index contributed by atoms with van der Waals surface area (Å²) in [4.78, 5) is 0. The van der Waals surface area contributed by atoms with Crippen LogP contribution in [-0.4, -0.2) is 0 Å². The fraction of sp³-hybridized carbons (Fsp3) is 0.133. The predicted octanol–water partition coefficient (Wildman–Crippen LogP) is 5.32. The molecule has 2 aromatic rings. The first-order valence-corrected chi connectivity index (χ1v) is 7.58. The van der Waals surface area contributed by atoms with Crippen LogP contribution in [-0.2, 0) is 5.33 Å². The Morgan fingerprint density at radius 1 is 1.16 bits per heavy atom. The van der Waals surface area contributed by atoms with Gasteiger partial charge in [0.15, 0.2) is 0 Å². The molecule has 2 aromatic carbocycles. The van der Waals surface area contributed by atoms with Crippen molar-refractivity contribution >= 4 is 31.9 Å². The zero-order valence-electron chi connectivity index (χ0n) is 10.3. The Morgan fingerprint density at radius 3 is 2.58 bits per heavy atom. The first kappa shape index (κ1) is 14.1. The summed E-state index contributed by atoms with van der Waals surface area (Å²) < 4.78 is 6.76. The smallest absolute Gasteiger partial charge is 0.141 e. The largest absolute Gasteiger partial charge is 0.456 e. The summed E-state index contributed by atoms with van der Waals surface area (Å²) in [7, 11) is 0. The lowest BCUT2D eigenvalue weighted by Crippen LogP contribution is -1.90. The van der Waals surface area contributed by atoms with Gasteiger partial charge >= 0.3 is 0 Å². The molecule has 0 heterocycles. The lowest BCUT2D eigenvalue weighted by molar-refractivity contribution is 0.475. The van der Waals surface area contributed by atoms with Crippen LogP contribution in [0.25, 0.3) is 0 Å². The number of benzene rings is 2. The maximum Gasteiger partial charge on any atom is 0.141 e. The van der Waals surface area contributed by atoms with Crippen LogP contribution in [0.4, 0.5) is 0 Å². The van der Waals surface area contributed by atoms with Crippen LogP contribution in [0.15, 0.2) is 40.9 Å². The summed E-state index contributed by atoms with van der Waals surface area (Å²) >= 11 is 6.91. The van der Waals surface area contributed by atoms with Crippen molar-refractivity contribution in [2.45, 2.75) is 12.3 Å². The number of rotatable bonds is 3. The van der Waals surface area contributed by atoms with Crippen LogP contribution >= 0.6 is 31.9 Å². The van der Waals surface area contributed by atoms with E-state index in [4.69, 9.17) is 10.00 Å². The van der Waals surface area contributed by atoms with Crippen molar-refractivity contribution in [3.63, 3.8) is 0 Å². The highest BCUT2D eigenvalue weighted by Gasteiger charge is 2.07. The van der Waals surface area contributed by atoms with E-state index in [0.717, 1.165) is 21.1 Å². The molecule has 0 N–H and O–H groups in total. The van der Waals surface area contributed by atoms with Crippen molar-refractivity contribution in [2.75, 3.05) is 0 Å². The van der Waals surface area contributed by atoms with Gasteiger partial charge in [0.2, 0.25) is 0 Å². The van der Waals surface area contributed by atoms with E-state index in [1.807, 2.05) is 31.2 Å². The van der Waals surface area contributed by atoms with Gasteiger partial charge in [-0.25, -0.2) is 0 Å². The van der Waals surface area contributed by atoms with Crippen molar-refractivity contribution < 1.29 is 4.74 Å². The Kier molecular flexibility index (Phi) is 4.62. The topological polar surface area (TPSA) is 33.0 Å². The number of nitriles is 1. The molecular weight excluding hydrogens is 370 g/mol. The summed E-state index contributed by atoms with van der Waals surface area (Å²) in [6.45, 7) is 1.96. The van der Waals surface area contributed by atoms with Crippen LogP contribution < -0.4 is 4.74 Å². The minimum absolute atomic E-state index is 0.591. The molecule has 0 aromatic heterocycles. The molecule has 0 bridgehead atoms. The first-order chi connectivity index (χ1) is 9.13. The third-order valence-electron chi connectivity index (χ3n) is 2.69. The molecule has 0 saturated heterocycles. The Balaban J connectivity index is 2.33. The average Bonchev–Trinajstić information content (AvgIpc) is 2.43. The van der Waals surface area contributed by atoms with E-state index >= 15 is 0 Å². The zero-order valence-corrected chi connectivity index (χ0v) is 13.5. The fourth-order valence-corrected chi connectivity index (χ4v) is 2.46. The third kappa shape index (κ3) is 3.37. The molecule has 0 atom stereocenters. The van der Waals surface area contributed by atoms with Crippen molar-refractivity contribution in [1.29, 1.82) is 5.26 Å². The molecule has 0 fully saturated rings. The molecule has 2 rings (SSSR count). The lowest BCUT2D eigenvalue weighted by atomic mass is 10.1. The summed E-state index contributed by atoms with van der Waals surface area (Å²) in [6.07, 6.45) is 0. The van der Waals surface area contributed by atoms with E-state index < -0.39 is 0 Å². The molecule has 0 aliphatic carbocycles. The normalized spacial score (nSPS) is 10.0. The number of ether oxygens (including phenoxy) is 1. The van der Waals surface area contributed by atoms with E-state index in [1.165, 1.54) is 5.56 Å². The van der Waals surface area contributed by atoms with Crippen LogP contribution in [0.2, 0.25) is 0 Å². The monoisotopic (exact) mass is 379 g/mol. The van der Waals surface area contributed by atoms with Crippen LogP contribution in [0.1, 0.15) is 16.7 Å². The van der Waals surface area contributed by atoms with Gasteiger partial charge in [0.05, 0.1) is 16.1 Å².